The molecule has 20 heavy (non-hydrogen) atoms. The number of benzene rings is 1. The molecule has 0 aliphatic carbocycles. The Kier molecular flexibility index (Phi) is 4.33. The van der Waals surface area contributed by atoms with Crippen molar-refractivity contribution in [1.82, 2.24) is 4.98 Å². The lowest BCUT2D eigenvalue weighted by Crippen LogP contribution is -2.06. The second-order valence-electron chi connectivity index (χ2n) is 4.62. The first-order valence-corrected chi connectivity index (χ1v) is 6.52. The fourth-order valence-corrected chi connectivity index (χ4v) is 2.12. The predicted molar refractivity (Wildman–Crippen MR) is 72.7 cm³/mol. The molecule has 0 bridgehead atoms. The quantitative estimate of drug-likeness (QED) is 0.732. The van der Waals surface area contributed by atoms with Gasteiger partial charge in [-0.1, -0.05) is 24.3 Å². The Labute approximate surface area is 120 Å². The van der Waals surface area contributed by atoms with E-state index in [2.05, 4.69) is 4.98 Å². The molecule has 2 rings (SSSR count). The summed E-state index contributed by atoms with van der Waals surface area (Å²) in [5.74, 6) is 0. The minimum Gasteiger partial charge on any atom is -0.261 e. The van der Waals surface area contributed by atoms with E-state index in [1.54, 1.807) is 12.3 Å². The number of aryl methyl sites for hydroxylation is 1. The molecule has 5 heteroatoms. The normalized spacial score (nSPS) is 13.2. The summed E-state index contributed by atoms with van der Waals surface area (Å²) in [5.41, 5.74) is 1.55. The molecule has 0 fully saturated rings. The van der Waals surface area contributed by atoms with Crippen LogP contribution in [0.2, 0.25) is 0 Å². The van der Waals surface area contributed by atoms with E-state index in [0.29, 0.717) is 12.0 Å². The van der Waals surface area contributed by atoms with Gasteiger partial charge < -0.3 is 0 Å². The molecule has 106 valence electrons. The fourth-order valence-electron chi connectivity index (χ4n) is 1.83. The molecular formula is C15H13ClF3N. The van der Waals surface area contributed by atoms with Gasteiger partial charge in [0.15, 0.2) is 0 Å². The van der Waals surface area contributed by atoms with Gasteiger partial charge in [-0.2, -0.15) is 13.2 Å². The SMILES string of the molecule is Cc1ccc(CC(Cl)c2cccc(C(F)(F)F)c2)nc1. The highest BCUT2D eigenvalue weighted by molar-refractivity contribution is 6.20. The van der Waals surface area contributed by atoms with Crippen molar-refractivity contribution in [2.75, 3.05) is 0 Å². The highest BCUT2D eigenvalue weighted by Crippen LogP contribution is 2.32. The molecule has 1 heterocycles. The molecule has 0 saturated carbocycles. The zero-order valence-electron chi connectivity index (χ0n) is 10.8. The van der Waals surface area contributed by atoms with Crippen LogP contribution in [0.3, 0.4) is 0 Å². The predicted octanol–water partition coefficient (Wildman–Crippen LogP) is 4.93. The van der Waals surface area contributed by atoms with Crippen LogP contribution in [0.5, 0.6) is 0 Å². The molecule has 0 spiro atoms. The van der Waals surface area contributed by atoms with E-state index in [-0.39, 0.29) is 0 Å². The third-order valence-corrected chi connectivity index (χ3v) is 3.34. The highest BCUT2D eigenvalue weighted by atomic mass is 35.5. The number of alkyl halides is 4. The summed E-state index contributed by atoms with van der Waals surface area (Å²) >= 11 is 6.20. The number of pyridine rings is 1. The summed E-state index contributed by atoms with van der Waals surface area (Å²) < 4.78 is 37.9. The number of hydrogen-bond acceptors (Lipinski definition) is 1. The van der Waals surface area contributed by atoms with Crippen molar-refractivity contribution in [3.63, 3.8) is 0 Å². The van der Waals surface area contributed by atoms with E-state index in [0.717, 1.165) is 23.4 Å². The van der Waals surface area contributed by atoms with Gasteiger partial charge in [-0.25, -0.2) is 0 Å². The average molecular weight is 300 g/mol. The van der Waals surface area contributed by atoms with Gasteiger partial charge in [0.2, 0.25) is 0 Å². The molecular weight excluding hydrogens is 287 g/mol. The lowest BCUT2D eigenvalue weighted by atomic mass is 10.0. The Balaban J connectivity index is 2.17. The van der Waals surface area contributed by atoms with E-state index >= 15 is 0 Å². The van der Waals surface area contributed by atoms with Crippen LogP contribution in [0.1, 0.15) is 27.8 Å². The summed E-state index contributed by atoms with van der Waals surface area (Å²) in [6.07, 6.45) is -2.25. The van der Waals surface area contributed by atoms with Crippen LogP contribution in [0.25, 0.3) is 0 Å². The number of aromatic nitrogens is 1. The Morgan fingerprint density at radius 3 is 2.55 bits per heavy atom. The van der Waals surface area contributed by atoms with Crippen LogP contribution < -0.4 is 0 Å². The fraction of sp³-hybridized carbons (Fsp3) is 0.267. The van der Waals surface area contributed by atoms with Crippen molar-refractivity contribution < 1.29 is 13.2 Å². The van der Waals surface area contributed by atoms with E-state index in [1.165, 1.54) is 6.07 Å². The van der Waals surface area contributed by atoms with Crippen molar-refractivity contribution in [3.05, 3.63) is 65.0 Å². The summed E-state index contributed by atoms with van der Waals surface area (Å²) in [6, 6.07) is 8.83. The standard InChI is InChI=1S/C15H13ClF3N/c1-10-5-6-13(20-9-10)8-14(16)11-3-2-4-12(7-11)15(17,18)19/h2-7,9,14H,8H2,1H3. The Morgan fingerprint density at radius 2 is 1.95 bits per heavy atom. The molecule has 1 nitrogen and oxygen atoms in total. The van der Waals surface area contributed by atoms with Gasteiger partial charge in [0.1, 0.15) is 0 Å². The van der Waals surface area contributed by atoms with Crippen LogP contribution in [-0.4, -0.2) is 4.98 Å². The van der Waals surface area contributed by atoms with Crippen LogP contribution in [0.15, 0.2) is 42.6 Å². The highest BCUT2D eigenvalue weighted by Gasteiger charge is 2.30. The van der Waals surface area contributed by atoms with Crippen LogP contribution in [-0.2, 0) is 12.6 Å². The lowest BCUT2D eigenvalue weighted by molar-refractivity contribution is -0.137. The number of hydrogen-bond donors (Lipinski definition) is 0. The van der Waals surface area contributed by atoms with Crippen molar-refractivity contribution in [2.45, 2.75) is 24.9 Å². The third-order valence-electron chi connectivity index (χ3n) is 2.94. The maximum atomic E-state index is 12.6. The number of rotatable bonds is 3. The second kappa shape index (κ2) is 5.83. The van der Waals surface area contributed by atoms with Crippen LogP contribution >= 0.6 is 11.6 Å². The molecule has 0 N–H and O–H groups in total. The van der Waals surface area contributed by atoms with Crippen LogP contribution in [0, 0.1) is 6.92 Å². The summed E-state index contributed by atoms with van der Waals surface area (Å²) in [7, 11) is 0. The van der Waals surface area contributed by atoms with Crippen molar-refractivity contribution >= 4 is 11.6 Å². The third kappa shape index (κ3) is 3.73. The van der Waals surface area contributed by atoms with Gasteiger partial charge in [0.25, 0.3) is 0 Å². The maximum Gasteiger partial charge on any atom is 0.416 e. The van der Waals surface area contributed by atoms with Gasteiger partial charge in [-0.15, -0.1) is 11.6 Å². The Morgan fingerprint density at radius 1 is 1.20 bits per heavy atom. The minimum absolute atomic E-state index is 0.392. The Hall–Kier alpha value is -1.55. The van der Waals surface area contributed by atoms with Gasteiger partial charge in [-0.3, -0.25) is 4.98 Å². The topological polar surface area (TPSA) is 12.9 Å². The molecule has 0 amide bonds. The van der Waals surface area contributed by atoms with E-state index in [4.69, 9.17) is 11.6 Å². The summed E-state index contributed by atoms with van der Waals surface area (Å²) in [4.78, 5) is 4.21. The molecule has 1 unspecified atom stereocenters. The molecule has 2 aromatic rings. The molecule has 1 aromatic carbocycles. The first-order chi connectivity index (χ1) is 9.36. The second-order valence-corrected chi connectivity index (χ2v) is 5.15. The van der Waals surface area contributed by atoms with E-state index < -0.39 is 17.1 Å². The van der Waals surface area contributed by atoms with Crippen LogP contribution in [0.4, 0.5) is 13.2 Å². The molecule has 0 aliphatic rings. The van der Waals surface area contributed by atoms with E-state index in [9.17, 15) is 13.2 Å². The molecule has 0 saturated heterocycles. The zero-order chi connectivity index (χ0) is 14.8. The monoisotopic (exact) mass is 299 g/mol. The lowest BCUT2D eigenvalue weighted by Gasteiger charge is -2.12. The van der Waals surface area contributed by atoms with Crippen molar-refractivity contribution in [1.29, 1.82) is 0 Å². The summed E-state index contributed by atoms with van der Waals surface area (Å²) in [6.45, 7) is 1.92. The number of halogens is 4. The van der Waals surface area contributed by atoms with Crippen molar-refractivity contribution in [2.24, 2.45) is 0 Å². The largest absolute Gasteiger partial charge is 0.416 e. The van der Waals surface area contributed by atoms with Gasteiger partial charge in [0, 0.05) is 18.3 Å². The minimum atomic E-state index is -4.35. The van der Waals surface area contributed by atoms with Gasteiger partial charge in [0.05, 0.1) is 10.9 Å². The van der Waals surface area contributed by atoms with Crippen molar-refractivity contribution in [3.8, 4) is 0 Å². The summed E-state index contributed by atoms with van der Waals surface area (Å²) in [5, 5.41) is -0.535. The average Bonchev–Trinajstić information content (AvgIpc) is 2.40. The Bertz CT molecular complexity index is 578. The molecule has 1 atom stereocenters. The first-order valence-electron chi connectivity index (χ1n) is 6.09. The van der Waals surface area contributed by atoms with Gasteiger partial charge in [-0.05, 0) is 30.2 Å². The molecule has 1 aromatic heterocycles. The maximum absolute atomic E-state index is 12.6. The zero-order valence-corrected chi connectivity index (χ0v) is 11.5. The van der Waals surface area contributed by atoms with E-state index in [1.807, 2.05) is 19.1 Å². The molecule has 0 aliphatic heterocycles. The number of nitrogens with zero attached hydrogens (tertiary/aromatic N) is 1. The first kappa shape index (κ1) is 14.9. The molecule has 0 radical (unpaired) electrons. The smallest absolute Gasteiger partial charge is 0.261 e. The van der Waals surface area contributed by atoms with Gasteiger partial charge >= 0.3 is 6.18 Å².